The quantitative estimate of drug-likeness (QED) is 0.550. The lowest BCUT2D eigenvalue weighted by molar-refractivity contribution is 0.122. The van der Waals surface area contributed by atoms with Crippen LogP contribution in [0.2, 0.25) is 0 Å². The molecule has 3 heterocycles. The van der Waals surface area contributed by atoms with Gasteiger partial charge < -0.3 is 24.2 Å². The molecule has 1 saturated heterocycles. The van der Waals surface area contributed by atoms with Gasteiger partial charge in [-0.3, -0.25) is 10.3 Å². The number of alkyl halides is 3. The zero-order valence-electron chi connectivity index (χ0n) is 17.3. The van der Waals surface area contributed by atoms with Gasteiger partial charge in [-0.1, -0.05) is 34.8 Å². The highest BCUT2D eigenvalue weighted by Gasteiger charge is 2.22. The average molecular weight is 506 g/mol. The lowest BCUT2D eigenvalue weighted by Crippen LogP contribution is -2.36. The highest BCUT2D eigenvalue weighted by Crippen LogP contribution is 2.31. The first-order chi connectivity index (χ1) is 15.2. The summed E-state index contributed by atoms with van der Waals surface area (Å²) in [6, 6.07) is 5.44. The Hall–Kier alpha value is -2.04. The molecule has 0 radical (unpaired) electrons. The number of nitrogens with one attached hydrogen (secondary N) is 1. The fourth-order valence-electron chi connectivity index (χ4n) is 3.02. The normalized spacial score (nSPS) is 14.2. The van der Waals surface area contributed by atoms with Crippen molar-refractivity contribution in [1.82, 2.24) is 9.97 Å². The van der Waals surface area contributed by atoms with Crippen molar-refractivity contribution in [3.63, 3.8) is 0 Å². The minimum atomic E-state index is -1.70. The first-order valence-corrected chi connectivity index (χ1v) is 10.9. The molecule has 2 aromatic rings. The Balaban J connectivity index is 1.88. The summed E-state index contributed by atoms with van der Waals surface area (Å²) in [6.07, 6.45) is 0.728. The number of morpholine rings is 1. The van der Waals surface area contributed by atoms with Crippen LogP contribution in [0.3, 0.4) is 0 Å². The molecule has 0 aliphatic carbocycles. The van der Waals surface area contributed by atoms with E-state index in [0.717, 1.165) is 22.6 Å². The van der Waals surface area contributed by atoms with Gasteiger partial charge in [-0.25, -0.2) is 4.79 Å². The maximum absolute atomic E-state index is 12.0. The molecule has 1 amide bonds. The van der Waals surface area contributed by atoms with Crippen LogP contribution >= 0.6 is 34.8 Å². The van der Waals surface area contributed by atoms with E-state index >= 15 is 0 Å². The maximum atomic E-state index is 12.0. The van der Waals surface area contributed by atoms with Crippen molar-refractivity contribution in [2.45, 2.75) is 10.7 Å². The molecule has 12 heteroatoms. The number of rotatable bonds is 7. The van der Waals surface area contributed by atoms with E-state index in [1.54, 1.807) is 12.1 Å². The fourth-order valence-corrected chi connectivity index (χ4v) is 3.18. The number of pyridine rings is 2. The lowest BCUT2D eigenvalue weighted by atomic mass is 10.0. The lowest BCUT2D eigenvalue weighted by Gasteiger charge is -2.28. The van der Waals surface area contributed by atoms with Crippen LogP contribution in [-0.2, 0) is 9.47 Å². The Morgan fingerprint density at radius 1 is 1.28 bits per heavy atom. The number of carbonyl (C=O) groups is 1. The minimum Gasteiger partial charge on any atom is -0.475 e. The maximum Gasteiger partial charge on any atom is 0.411 e. The van der Waals surface area contributed by atoms with Gasteiger partial charge >= 0.3 is 6.09 Å². The summed E-state index contributed by atoms with van der Waals surface area (Å²) in [7, 11) is 0. The highest BCUT2D eigenvalue weighted by molar-refractivity contribution is 6.67. The Labute approximate surface area is 200 Å². The van der Waals surface area contributed by atoms with Gasteiger partial charge in [-0.2, -0.15) is 4.98 Å². The zero-order valence-corrected chi connectivity index (χ0v) is 19.6. The first-order valence-electron chi connectivity index (χ1n) is 9.81. The molecule has 0 unspecified atom stereocenters. The monoisotopic (exact) mass is 504 g/mol. The molecule has 0 spiro atoms. The molecule has 1 aliphatic rings. The number of aliphatic hydroxyl groups excluding tert-OH is 1. The van der Waals surface area contributed by atoms with Crippen molar-refractivity contribution in [1.29, 1.82) is 0 Å². The van der Waals surface area contributed by atoms with Crippen molar-refractivity contribution in [2.24, 2.45) is 0 Å². The van der Waals surface area contributed by atoms with Gasteiger partial charge in [0.2, 0.25) is 9.67 Å². The number of nitrogens with zero attached hydrogens (tertiary/aromatic N) is 3. The molecule has 2 N–H and O–H groups in total. The van der Waals surface area contributed by atoms with E-state index in [0.29, 0.717) is 37.9 Å². The summed E-state index contributed by atoms with van der Waals surface area (Å²) < 4.78 is 14.2. The van der Waals surface area contributed by atoms with Gasteiger partial charge in [0.15, 0.2) is 0 Å². The summed E-state index contributed by atoms with van der Waals surface area (Å²) in [5.74, 6) is 1.09. The Morgan fingerprint density at radius 2 is 2.03 bits per heavy atom. The SMILES string of the molecule is Cc1ncc(NC(=O)OCC(Cl)(Cl)Cl)cc1-c1cc(OCCO)nc(N2CCOCC2)c1. The third-order valence-corrected chi connectivity index (χ3v) is 4.80. The van der Waals surface area contributed by atoms with E-state index in [4.69, 9.17) is 54.1 Å². The van der Waals surface area contributed by atoms with Crippen molar-refractivity contribution in [2.75, 3.05) is 56.3 Å². The van der Waals surface area contributed by atoms with Crippen LogP contribution in [0.5, 0.6) is 5.88 Å². The predicted molar refractivity (Wildman–Crippen MR) is 123 cm³/mol. The number of anilines is 2. The minimum absolute atomic E-state index is 0.118. The molecule has 3 rings (SSSR count). The number of hydrogen-bond acceptors (Lipinski definition) is 8. The van der Waals surface area contributed by atoms with E-state index in [-0.39, 0.29) is 13.2 Å². The smallest absolute Gasteiger partial charge is 0.411 e. The number of carbonyl (C=O) groups excluding carboxylic acids is 1. The van der Waals surface area contributed by atoms with Gasteiger partial charge in [-0.15, -0.1) is 0 Å². The second-order valence-electron chi connectivity index (χ2n) is 6.90. The number of aryl methyl sites for hydroxylation is 1. The van der Waals surface area contributed by atoms with Gasteiger partial charge in [-0.05, 0) is 24.6 Å². The standard InChI is InChI=1S/C20H23Cl3N4O5/c1-13-16(10-15(11-24-13)25-19(29)32-12-20(21,22)23)14-8-17(27-2-5-30-6-3-27)26-18(9-14)31-7-4-28/h8-11,28H,2-7,12H2,1H3,(H,25,29). The van der Waals surface area contributed by atoms with E-state index in [2.05, 4.69) is 20.2 Å². The van der Waals surface area contributed by atoms with E-state index in [9.17, 15) is 4.79 Å². The fraction of sp³-hybridized carbons (Fsp3) is 0.450. The summed E-state index contributed by atoms with van der Waals surface area (Å²) in [4.78, 5) is 23.0. The van der Waals surface area contributed by atoms with Crippen molar-refractivity contribution >= 4 is 52.4 Å². The molecule has 1 fully saturated rings. The molecule has 1 aliphatic heterocycles. The number of halogens is 3. The third-order valence-electron chi connectivity index (χ3n) is 4.48. The Morgan fingerprint density at radius 3 is 2.72 bits per heavy atom. The Bertz CT molecular complexity index is 936. The van der Waals surface area contributed by atoms with Crippen molar-refractivity contribution in [3.05, 3.63) is 30.1 Å². The first kappa shape index (κ1) is 24.6. The van der Waals surface area contributed by atoms with E-state index in [1.807, 2.05) is 13.0 Å². The van der Waals surface area contributed by atoms with Crippen LogP contribution in [0.4, 0.5) is 16.3 Å². The number of amides is 1. The summed E-state index contributed by atoms with van der Waals surface area (Å²) in [5.41, 5.74) is 2.69. The molecule has 32 heavy (non-hydrogen) atoms. The molecular formula is C20H23Cl3N4O5. The summed E-state index contributed by atoms with van der Waals surface area (Å²) in [6.45, 7) is 4.05. The number of hydrogen-bond donors (Lipinski definition) is 2. The molecule has 0 atom stereocenters. The number of ether oxygens (including phenoxy) is 3. The third kappa shape index (κ3) is 7.25. The predicted octanol–water partition coefficient (Wildman–Crippen LogP) is 3.58. The van der Waals surface area contributed by atoms with Gasteiger partial charge in [0.25, 0.3) is 0 Å². The topological polar surface area (TPSA) is 106 Å². The second-order valence-corrected chi connectivity index (χ2v) is 9.41. The molecule has 0 aromatic carbocycles. The second kappa shape index (κ2) is 11.2. The van der Waals surface area contributed by atoms with Crippen LogP contribution in [0.15, 0.2) is 24.4 Å². The summed E-state index contributed by atoms with van der Waals surface area (Å²) >= 11 is 16.8. The number of aliphatic hydroxyl groups is 1. The number of aromatic nitrogens is 2. The molecule has 2 aromatic heterocycles. The molecular weight excluding hydrogens is 483 g/mol. The van der Waals surface area contributed by atoms with Gasteiger partial charge in [0.05, 0.1) is 31.7 Å². The average Bonchev–Trinajstić information content (AvgIpc) is 2.77. The molecule has 9 nitrogen and oxygen atoms in total. The van der Waals surface area contributed by atoms with Crippen LogP contribution in [-0.4, -0.2) is 71.1 Å². The molecule has 0 saturated carbocycles. The van der Waals surface area contributed by atoms with Gasteiger partial charge in [0.1, 0.15) is 19.0 Å². The Kier molecular flexibility index (Phi) is 8.61. The summed E-state index contributed by atoms with van der Waals surface area (Å²) in [5, 5.41) is 11.7. The molecule has 0 bridgehead atoms. The zero-order chi connectivity index (χ0) is 23.1. The van der Waals surface area contributed by atoms with Gasteiger partial charge in [0, 0.05) is 30.4 Å². The van der Waals surface area contributed by atoms with Crippen LogP contribution in [0, 0.1) is 6.92 Å². The van der Waals surface area contributed by atoms with E-state index < -0.39 is 16.5 Å². The van der Waals surface area contributed by atoms with E-state index in [1.165, 1.54) is 6.20 Å². The largest absolute Gasteiger partial charge is 0.475 e. The van der Waals surface area contributed by atoms with Crippen LogP contribution < -0.4 is 15.0 Å². The van der Waals surface area contributed by atoms with Crippen molar-refractivity contribution in [3.8, 4) is 17.0 Å². The van der Waals surface area contributed by atoms with Crippen LogP contribution in [0.1, 0.15) is 5.69 Å². The molecule has 174 valence electrons. The van der Waals surface area contributed by atoms with Crippen molar-refractivity contribution < 1.29 is 24.1 Å². The van der Waals surface area contributed by atoms with Crippen LogP contribution in [0.25, 0.3) is 11.1 Å². The highest BCUT2D eigenvalue weighted by atomic mass is 35.6.